The average Bonchev–Trinajstić information content (AvgIpc) is 2.68. The first kappa shape index (κ1) is 23.7. The molecular weight excluding hydrogens is 376 g/mol. The average molecular weight is 403 g/mol. The van der Waals surface area contributed by atoms with Gasteiger partial charge in [0.1, 0.15) is 17.3 Å². The van der Waals surface area contributed by atoms with E-state index < -0.39 is 11.6 Å². The number of pyridine rings is 1. The molecule has 2 N–H and O–H groups in total. The standard InChI is InChI=1S/C20H21F2N3O2.C2H6/c1-5-15(13-10-17(24(2)3)20(26)25(4)12-13)18(8-9-23)27-19-7-6-14(21)11-16(19)22;1-2/h5-12H,1,23H2,2-4H3;1-2H3/b9-8-,18-15-;. The van der Waals surface area contributed by atoms with Crippen LogP contribution in [0, 0.1) is 11.6 Å². The first-order valence-corrected chi connectivity index (χ1v) is 9.04. The van der Waals surface area contributed by atoms with Crippen LogP contribution in [0.3, 0.4) is 0 Å². The van der Waals surface area contributed by atoms with Gasteiger partial charge in [-0.3, -0.25) is 4.79 Å². The van der Waals surface area contributed by atoms with E-state index in [9.17, 15) is 13.6 Å². The molecular formula is C22H27F2N3O2. The minimum atomic E-state index is -0.851. The predicted octanol–water partition coefficient (Wildman–Crippen LogP) is 4.20. The van der Waals surface area contributed by atoms with Crippen LogP contribution in [0.25, 0.3) is 5.57 Å². The van der Waals surface area contributed by atoms with Crippen molar-refractivity contribution in [3.63, 3.8) is 0 Å². The van der Waals surface area contributed by atoms with Gasteiger partial charge >= 0.3 is 0 Å². The normalized spacial score (nSPS) is 11.4. The van der Waals surface area contributed by atoms with Gasteiger partial charge in [-0.05, 0) is 30.5 Å². The quantitative estimate of drug-likeness (QED) is 0.580. The van der Waals surface area contributed by atoms with Crippen LogP contribution >= 0.6 is 0 Å². The summed E-state index contributed by atoms with van der Waals surface area (Å²) < 4.78 is 34.2. The second kappa shape index (κ2) is 10.8. The summed E-state index contributed by atoms with van der Waals surface area (Å²) in [6.07, 6.45) is 5.78. The molecule has 1 aromatic heterocycles. The topological polar surface area (TPSA) is 60.5 Å². The highest BCUT2D eigenvalue weighted by molar-refractivity contribution is 5.78. The Hall–Kier alpha value is -3.35. The number of aryl methyl sites for hydroxylation is 1. The van der Waals surface area contributed by atoms with Crippen molar-refractivity contribution in [2.45, 2.75) is 13.8 Å². The summed E-state index contributed by atoms with van der Waals surface area (Å²) in [5.74, 6) is -1.53. The third kappa shape index (κ3) is 5.81. The lowest BCUT2D eigenvalue weighted by Crippen LogP contribution is -2.25. The van der Waals surface area contributed by atoms with Crippen LogP contribution in [0.15, 0.2) is 65.9 Å². The van der Waals surface area contributed by atoms with E-state index in [-0.39, 0.29) is 17.1 Å². The lowest BCUT2D eigenvalue weighted by Gasteiger charge is -2.17. The molecule has 2 aromatic rings. The first-order valence-electron chi connectivity index (χ1n) is 9.04. The van der Waals surface area contributed by atoms with E-state index >= 15 is 0 Å². The van der Waals surface area contributed by atoms with Crippen molar-refractivity contribution < 1.29 is 13.5 Å². The molecule has 29 heavy (non-hydrogen) atoms. The van der Waals surface area contributed by atoms with E-state index in [2.05, 4.69) is 6.58 Å². The Labute approximate surface area is 170 Å². The Bertz CT molecular complexity index is 977. The van der Waals surface area contributed by atoms with Crippen LogP contribution in [-0.2, 0) is 7.05 Å². The van der Waals surface area contributed by atoms with Crippen molar-refractivity contribution in [3.8, 4) is 5.75 Å². The van der Waals surface area contributed by atoms with Crippen molar-refractivity contribution in [1.29, 1.82) is 0 Å². The summed E-state index contributed by atoms with van der Waals surface area (Å²) in [7, 11) is 5.13. The van der Waals surface area contributed by atoms with E-state index in [0.29, 0.717) is 16.8 Å². The van der Waals surface area contributed by atoms with Gasteiger partial charge in [0.15, 0.2) is 11.6 Å². The fourth-order valence-corrected chi connectivity index (χ4v) is 2.47. The van der Waals surface area contributed by atoms with Crippen LogP contribution in [0.2, 0.25) is 0 Å². The molecule has 0 atom stereocenters. The number of aromatic nitrogens is 1. The smallest absolute Gasteiger partial charge is 0.273 e. The number of halogens is 2. The van der Waals surface area contributed by atoms with Crippen molar-refractivity contribution in [2.75, 3.05) is 19.0 Å². The minimum absolute atomic E-state index is 0.165. The maximum absolute atomic E-state index is 14.0. The van der Waals surface area contributed by atoms with Crippen LogP contribution < -0.4 is 20.9 Å². The largest absolute Gasteiger partial charge is 0.454 e. The summed E-state index contributed by atoms with van der Waals surface area (Å²) >= 11 is 0. The number of anilines is 1. The molecule has 0 saturated heterocycles. The molecule has 0 spiro atoms. The van der Waals surface area contributed by atoms with Crippen LogP contribution in [0.5, 0.6) is 5.75 Å². The first-order chi connectivity index (χ1) is 13.8. The molecule has 0 bridgehead atoms. The number of hydrogen-bond donors (Lipinski definition) is 1. The number of benzene rings is 1. The van der Waals surface area contributed by atoms with Gasteiger partial charge in [0.25, 0.3) is 5.56 Å². The zero-order valence-corrected chi connectivity index (χ0v) is 17.4. The number of ether oxygens (including phenoxy) is 1. The molecule has 0 unspecified atom stereocenters. The molecule has 0 aliphatic rings. The Morgan fingerprint density at radius 1 is 1.24 bits per heavy atom. The SMILES string of the molecule is C=C/C(=C(\C=C/N)Oc1ccc(F)cc1F)c1cc(N(C)C)c(=O)n(C)c1.CC. The van der Waals surface area contributed by atoms with Crippen LogP contribution in [0.4, 0.5) is 14.5 Å². The summed E-state index contributed by atoms with van der Waals surface area (Å²) in [4.78, 5) is 14.0. The number of nitrogens with zero attached hydrogens (tertiary/aromatic N) is 2. The lowest BCUT2D eigenvalue weighted by atomic mass is 10.1. The van der Waals surface area contributed by atoms with Gasteiger partial charge in [-0.25, -0.2) is 8.78 Å². The van der Waals surface area contributed by atoms with Crippen LogP contribution in [0.1, 0.15) is 19.4 Å². The molecule has 0 aliphatic heterocycles. The molecule has 0 aliphatic carbocycles. The van der Waals surface area contributed by atoms with Crippen LogP contribution in [-0.4, -0.2) is 18.7 Å². The van der Waals surface area contributed by atoms with E-state index in [1.54, 1.807) is 38.3 Å². The van der Waals surface area contributed by atoms with Crippen molar-refractivity contribution in [2.24, 2.45) is 12.8 Å². The lowest BCUT2D eigenvalue weighted by molar-refractivity contribution is 0.410. The predicted molar refractivity (Wildman–Crippen MR) is 115 cm³/mol. The second-order valence-corrected chi connectivity index (χ2v) is 5.94. The number of allylic oxidation sites excluding steroid dienone is 3. The van der Waals surface area contributed by atoms with Gasteiger partial charge in [0.05, 0.1) is 0 Å². The summed E-state index contributed by atoms with van der Waals surface area (Å²) in [5.41, 5.74) is 6.89. The molecule has 0 amide bonds. The molecule has 2 rings (SSSR count). The third-order valence-corrected chi connectivity index (χ3v) is 3.79. The Morgan fingerprint density at radius 2 is 1.90 bits per heavy atom. The fraction of sp³-hybridized carbons (Fsp3) is 0.227. The Balaban J connectivity index is 0.00000204. The highest BCUT2D eigenvalue weighted by Crippen LogP contribution is 2.27. The molecule has 7 heteroatoms. The zero-order chi connectivity index (χ0) is 22.1. The van der Waals surface area contributed by atoms with Gasteiger partial charge in [0, 0.05) is 44.5 Å². The van der Waals surface area contributed by atoms with E-state index in [4.69, 9.17) is 10.5 Å². The number of hydrogen-bond acceptors (Lipinski definition) is 4. The van der Waals surface area contributed by atoms with Gasteiger partial charge in [-0.15, -0.1) is 0 Å². The number of rotatable bonds is 6. The van der Waals surface area contributed by atoms with Crippen molar-refractivity contribution >= 4 is 11.3 Å². The molecule has 5 nitrogen and oxygen atoms in total. The fourth-order valence-electron chi connectivity index (χ4n) is 2.47. The Morgan fingerprint density at radius 3 is 2.41 bits per heavy atom. The monoisotopic (exact) mass is 403 g/mol. The second-order valence-electron chi connectivity index (χ2n) is 5.94. The maximum atomic E-state index is 14.0. The zero-order valence-electron chi connectivity index (χ0n) is 17.4. The van der Waals surface area contributed by atoms with Crippen molar-refractivity contribution in [3.05, 3.63) is 88.7 Å². The van der Waals surface area contributed by atoms with Gasteiger partial charge in [0.2, 0.25) is 0 Å². The molecule has 0 fully saturated rings. The summed E-state index contributed by atoms with van der Waals surface area (Å²) in [5, 5.41) is 0. The van der Waals surface area contributed by atoms with E-state index in [1.165, 1.54) is 29.0 Å². The molecule has 0 radical (unpaired) electrons. The molecule has 156 valence electrons. The van der Waals surface area contributed by atoms with Gasteiger partial charge < -0.3 is 19.9 Å². The van der Waals surface area contributed by atoms with Gasteiger partial charge in [-0.2, -0.15) is 0 Å². The highest BCUT2D eigenvalue weighted by atomic mass is 19.1. The Kier molecular flexibility index (Phi) is 8.86. The van der Waals surface area contributed by atoms with E-state index in [0.717, 1.165) is 12.1 Å². The summed E-state index contributed by atoms with van der Waals surface area (Å²) in [6, 6.07) is 4.67. The van der Waals surface area contributed by atoms with E-state index in [1.807, 2.05) is 13.8 Å². The summed E-state index contributed by atoms with van der Waals surface area (Å²) in [6.45, 7) is 7.78. The molecule has 0 saturated carbocycles. The third-order valence-electron chi connectivity index (χ3n) is 3.79. The van der Waals surface area contributed by atoms with Crippen molar-refractivity contribution in [1.82, 2.24) is 4.57 Å². The minimum Gasteiger partial charge on any atom is -0.454 e. The van der Waals surface area contributed by atoms with Gasteiger partial charge in [-0.1, -0.05) is 26.5 Å². The molecule has 1 aromatic carbocycles. The highest BCUT2D eigenvalue weighted by Gasteiger charge is 2.14. The molecule has 1 heterocycles. The number of nitrogens with two attached hydrogens (primary N) is 1. The maximum Gasteiger partial charge on any atom is 0.273 e.